The largest absolute Gasteiger partial charge is 0.507 e. The lowest BCUT2D eigenvalue weighted by atomic mass is 10.0. The smallest absolute Gasteiger partial charge is 0.231 e. The summed E-state index contributed by atoms with van der Waals surface area (Å²) in [6.07, 6.45) is 1.75. The fourth-order valence-electron chi connectivity index (χ4n) is 3.91. The standard InChI is InChI=1S/C26H34N2O5/c1-5-28(6-2)20-9-7-19(8-10-20)17-24-25(30)21-11-12-23(29)22(26(21)33-24)18-27(13-15-31-3)14-16-32-4/h7-12,17,29H,5-6,13-16,18H2,1-4H3/b24-17+. The molecule has 1 aliphatic rings. The minimum atomic E-state index is -0.181. The van der Waals surface area contributed by atoms with Gasteiger partial charge in [-0.3, -0.25) is 9.69 Å². The molecule has 0 bridgehead atoms. The summed E-state index contributed by atoms with van der Waals surface area (Å²) in [4.78, 5) is 17.4. The van der Waals surface area contributed by atoms with E-state index >= 15 is 0 Å². The summed E-state index contributed by atoms with van der Waals surface area (Å²) in [5.41, 5.74) is 3.08. The second-order valence-electron chi connectivity index (χ2n) is 7.91. The molecule has 0 radical (unpaired) electrons. The van der Waals surface area contributed by atoms with E-state index < -0.39 is 0 Å². The van der Waals surface area contributed by atoms with E-state index in [1.807, 2.05) is 24.3 Å². The number of ketones is 1. The van der Waals surface area contributed by atoms with Crippen molar-refractivity contribution in [3.8, 4) is 11.5 Å². The summed E-state index contributed by atoms with van der Waals surface area (Å²) < 4.78 is 16.4. The van der Waals surface area contributed by atoms with Crippen LogP contribution in [0.2, 0.25) is 0 Å². The molecule has 0 spiro atoms. The third kappa shape index (κ3) is 5.93. The quantitative estimate of drug-likeness (QED) is 0.487. The van der Waals surface area contributed by atoms with Crippen LogP contribution >= 0.6 is 0 Å². The first-order valence-corrected chi connectivity index (χ1v) is 11.4. The van der Waals surface area contributed by atoms with E-state index in [0.29, 0.717) is 49.7 Å². The average Bonchev–Trinajstić information content (AvgIpc) is 3.14. The van der Waals surface area contributed by atoms with Crippen LogP contribution in [-0.4, -0.2) is 69.4 Å². The zero-order valence-electron chi connectivity index (χ0n) is 20.0. The summed E-state index contributed by atoms with van der Waals surface area (Å²) in [5.74, 6) is 0.601. The van der Waals surface area contributed by atoms with Crippen molar-refractivity contribution >= 4 is 17.5 Å². The van der Waals surface area contributed by atoms with Crippen LogP contribution < -0.4 is 9.64 Å². The topological polar surface area (TPSA) is 71.5 Å². The van der Waals surface area contributed by atoms with Gasteiger partial charge in [0.25, 0.3) is 0 Å². The molecule has 0 aromatic heterocycles. The number of nitrogens with zero attached hydrogens (tertiary/aromatic N) is 2. The van der Waals surface area contributed by atoms with Crippen molar-refractivity contribution in [2.24, 2.45) is 0 Å². The van der Waals surface area contributed by atoms with Gasteiger partial charge in [0, 0.05) is 52.6 Å². The third-order valence-corrected chi connectivity index (χ3v) is 5.84. The van der Waals surface area contributed by atoms with Gasteiger partial charge in [0.1, 0.15) is 11.5 Å². The molecule has 2 aromatic rings. The molecule has 0 saturated carbocycles. The Kier molecular flexibility index (Phi) is 8.88. The Morgan fingerprint density at radius 1 is 0.970 bits per heavy atom. The monoisotopic (exact) mass is 454 g/mol. The summed E-state index contributed by atoms with van der Waals surface area (Å²) >= 11 is 0. The molecular formula is C26H34N2O5. The van der Waals surface area contributed by atoms with Crippen LogP contribution in [0.25, 0.3) is 6.08 Å². The lowest BCUT2D eigenvalue weighted by Crippen LogP contribution is -2.30. The van der Waals surface area contributed by atoms with Crippen LogP contribution in [0.4, 0.5) is 5.69 Å². The van der Waals surface area contributed by atoms with Crippen molar-refractivity contribution < 1.29 is 24.1 Å². The van der Waals surface area contributed by atoms with Crippen molar-refractivity contribution in [2.45, 2.75) is 20.4 Å². The number of benzene rings is 2. The normalized spacial score (nSPS) is 14.1. The maximum atomic E-state index is 13.0. The zero-order valence-corrected chi connectivity index (χ0v) is 20.0. The van der Waals surface area contributed by atoms with Gasteiger partial charge >= 0.3 is 0 Å². The Morgan fingerprint density at radius 2 is 1.61 bits per heavy atom. The minimum absolute atomic E-state index is 0.103. The second-order valence-corrected chi connectivity index (χ2v) is 7.91. The molecule has 7 heteroatoms. The Bertz CT molecular complexity index is 959. The highest BCUT2D eigenvalue weighted by atomic mass is 16.5. The number of carbonyl (C=O) groups is 1. The van der Waals surface area contributed by atoms with E-state index in [4.69, 9.17) is 14.2 Å². The van der Waals surface area contributed by atoms with E-state index in [-0.39, 0.29) is 17.3 Å². The van der Waals surface area contributed by atoms with Gasteiger partial charge in [-0.2, -0.15) is 0 Å². The van der Waals surface area contributed by atoms with Crippen molar-refractivity contribution in [3.63, 3.8) is 0 Å². The number of rotatable bonds is 12. The van der Waals surface area contributed by atoms with Crippen LogP contribution in [0.3, 0.4) is 0 Å². The number of anilines is 1. The minimum Gasteiger partial charge on any atom is -0.507 e. The van der Waals surface area contributed by atoms with E-state index in [9.17, 15) is 9.90 Å². The number of methoxy groups -OCH3 is 2. The van der Waals surface area contributed by atoms with E-state index in [2.05, 4.69) is 23.6 Å². The maximum absolute atomic E-state index is 13.0. The van der Waals surface area contributed by atoms with Gasteiger partial charge in [0.05, 0.1) is 24.3 Å². The molecule has 0 aliphatic carbocycles. The number of hydrogen-bond donors (Lipinski definition) is 1. The molecule has 0 fully saturated rings. The third-order valence-electron chi connectivity index (χ3n) is 5.84. The molecule has 0 amide bonds. The number of phenolic OH excluding ortho intramolecular Hbond substituents is 1. The van der Waals surface area contributed by atoms with Gasteiger partial charge in [-0.25, -0.2) is 0 Å². The summed E-state index contributed by atoms with van der Waals surface area (Å²) in [7, 11) is 3.30. The van der Waals surface area contributed by atoms with Crippen LogP contribution in [0.5, 0.6) is 11.5 Å². The Hall–Kier alpha value is -2.87. The Morgan fingerprint density at radius 3 is 2.18 bits per heavy atom. The maximum Gasteiger partial charge on any atom is 0.231 e. The molecule has 2 aromatic carbocycles. The van der Waals surface area contributed by atoms with E-state index in [0.717, 1.165) is 24.3 Å². The fourth-order valence-corrected chi connectivity index (χ4v) is 3.91. The predicted molar refractivity (Wildman–Crippen MR) is 130 cm³/mol. The molecule has 33 heavy (non-hydrogen) atoms. The average molecular weight is 455 g/mol. The highest BCUT2D eigenvalue weighted by molar-refractivity contribution is 6.15. The molecule has 0 unspecified atom stereocenters. The number of carbonyl (C=O) groups excluding carboxylic acids is 1. The predicted octanol–water partition coefficient (Wildman–Crippen LogP) is 3.95. The Balaban J connectivity index is 1.84. The number of ether oxygens (including phenoxy) is 3. The van der Waals surface area contributed by atoms with Crippen LogP contribution in [0.15, 0.2) is 42.2 Å². The van der Waals surface area contributed by atoms with Gasteiger partial charge in [-0.05, 0) is 49.8 Å². The fraction of sp³-hybridized carbons (Fsp3) is 0.423. The highest BCUT2D eigenvalue weighted by Gasteiger charge is 2.31. The molecule has 178 valence electrons. The molecular weight excluding hydrogens is 420 g/mol. The SMILES string of the molecule is CCN(CC)c1ccc(/C=C2/Oc3c(ccc(O)c3CN(CCOC)CCOC)C2=O)cc1. The summed E-state index contributed by atoms with van der Waals surface area (Å²) in [6, 6.07) is 11.2. The number of allylic oxidation sites excluding steroid dienone is 1. The lowest BCUT2D eigenvalue weighted by Gasteiger charge is -2.23. The Labute approximate surface area is 196 Å². The van der Waals surface area contributed by atoms with E-state index in [1.165, 1.54) is 0 Å². The zero-order chi connectivity index (χ0) is 23.8. The summed E-state index contributed by atoms with van der Waals surface area (Å²) in [5, 5.41) is 10.6. The van der Waals surface area contributed by atoms with Crippen LogP contribution in [0.1, 0.15) is 35.3 Å². The lowest BCUT2D eigenvalue weighted by molar-refractivity contribution is 0.101. The number of aromatic hydroxyl groups is 1. The molecule has 0 atom stereocenters. The van der Waals surface area contributed by atoms with Crippen LogP contribution in [0, 0.1) is 0 Å². The second kappa shape index (κ2) is 11.8. The first kappa shape index (κ1) is 24.8. The number of phenols is 1. The number of Topliss-reactive ketones (excluding diaryl/α,β-unsaturated/α-hetero) is 1. The number of hydrogen-bond acceptors (Lipinski definition) is 7. The highest BCUT2D eigenvalue weighted by Crippen LogP contribution is 2.40. The summed E-state index contributed by atoms with van der Waals surface area (Å²) in [6.45, 7) is 8.97. The van der Waals surface area contributed by atoms with Crippen molar-refractivity contribution in [3.05, 3.63) is 58.8 Å². The van der Waals surface area contributed by atoms with Gasteiger partial charge in [-0.1, -0.05) is 12.1 Å². The van der Waals surface area contributed by atoms with E-state index in [1.54, 1.807) is 32.4 Å². The van der Waals surface area contributed by atoms with Gasteiger partial charge in [0.15, 0.2) is 5.76 Å². The number of fused-ring (bicyclic) bond motifs is 1. The molecule has 1 aliphatic heterocycles. The van der Waals surface area contributed by atoms with Gasteiger partial charge in [0.2, 0.25) is 5.78 Å². The van der Waals surface area contributed by atoms with Gasteiger partial charge in [-0.15, -0.1) is 0 Å². The molecule has 3 rings (SSSR count). The van der Waals surface area contributed by atoms with Crippen molar-refractivity contribution in [1.29, 1.82) is 0 Å². The molecule has 0 saturated heterocycles. The molecule has 7 nitrogen and oxygen atoms in total. The van der Waals surface area contributed by atoms with Gasteiger partial charge < -0.3 is 24.2 Å². The van der Waals surface area contributed by atoms with Crippen molar-refractivity contribution in [2.75, 3.05) is 58.5 Å². The first-order chi connectivity index (χ1) is 16.0. The van der Waals surface area contributed by atoms with Crippen molar-refractivity contribution in [1.82, 2.24) is 4.90 Å². The molecule has 1 heterocycles. The van der Waals surface area contributed by atoms with Crippen LogP contribution in [-0.2, 0) is 16.0 Å². The molecule has 1 N–H and O–H groups in total. The first-order valence-electron chi connectivity index (χ1n) is 11.4.